The van der Waals surface area contributed by atoms with Gasteiger partial charge in [-0.25, -0.2) is 9.97 Å². The number of aromatic nitrogens is 2. The van der Waals surface area contributed by atoms with E-state index in [1.54, 1.807) is 37.5 Å². The minimum atomic E-state index is -0.511. The quantitative estimate of drug-likeness (QED) is 0.680. The number of nitrogens with zero attached hydrogens (tertiary/aromatic N) is 2. The lowest BCUT2D eigenvalue weighted by Crippen LogP contribution is -2.22. The number of halogens is 1. The number of anilines is 2. The summed E-state index contributed by atoms with van der Waals surface area (Å²) >= 11 is 6.02. The largest absolute Gasteiger partial charge is 0.495 e. The number of carbonyl (C=O) groups is 2. The van der Waals surface area contributed by atoms with Crippen molar-refractivity contribution in [3.63, 3.8) is 0 Å². The molecule has 2 N–H and O–H groups in total. The number of hydrogen-bond acceptors (Lipinski definition) is 7. The van der Waals surface area contributed by atoms with Gasteiger partial charge in [0.25, 0.3) is 5.91 Å². The molecule has 26 heavy (non-hydrogen) atoms. The summed E-state index contributed by atoms with van der Waals surface area (Å²) in [6.07, 6.45) is 3.25. The van der Waals surface area contributed by atoms with Crippen molar-refractivity contribution in [3.8, 4) is 5.75 Å². The van der Waals surface area contributed by atoms with Crippen LogP contribution < -0.4 is 15.4 Å². The van der Waals surface area contributed by atoms with E-state index in [0.29, 0.717) is 29.0 Å². The molecule has 0 aliphatic heterocycles. The van der Waals surface area contributed by atoms with Crippen LogP contribution in [-0.4, -0.2) is 42.1 Å². The van der Waals surface area contributed by atoms with E-state index in [4.69, 9.17) is 21.1 Å². The van der Waals surface area contributed by atoms with Gasteiger partial charge in [-0.15, -0.1) is 0 Å². The second kappa shape index (κ2) is 9.57. The van der Waals surface area contributed by atoms with Crippen LogP contribution in [0.1, 0.15) is 12.0 Å². The van der Waals surface area contributed by atoms with Gasteiger partial charge in [-0.1, -0.05) is 11.6 Å². The fourth-order valence-electron chi connectivity index (χ4n) is 2.00. The predicted molar refractivity (Wildman–Crippen MR) is 97.5 cm³/mol. The molecule has 0 saturated carbocycles. The topological polar surface area (TPSA) is 102 Å². The molecule has 0 fully saturated rings. The van der Waals surface area contributed by atoms with Gasteiger partial charge in [0.2, 0.25) is 5.95 Å². The summed E-state index contributed by atoms with van der Waals surface area (Å²) in [5.74, 6) is -0.142. The second-order valence-corrected chi connectivity index (χ2v) is 5.67. The third kappa shape index (κ3) is 5.89. The lowest BCUT2D eigenvalue weighted by molar-refractivity contribution is -0.147. The fourth-order valence-corrected chi connectivity index (χ4v) is 2.15. The molecule has 0 unspecified atom stereocenters. The summed E-state index contributed by atoms with van der Waals surface area (Å²) in [7, 11) is 1.47. The highest BCUT2D eigenvalue weighted by Crippen LogP contribution is 2.30. The zero-order chi connectivity index (χ0) is 18.9. The molecule has 0 spiro atoms. The molecular formula is C17H19ClN4O4. The molecule has 138 valence electrons. The molecule has 0 bridgehead atoms. The van der Waals surface area contributed by atoms with Crippen molar-refractivity contribution in [2.45, 2.75) is 13.3 Å². The molecule has 8 nitrogen and oxygen atoms in total. The van der Waals surface area contributed by atoms with Crippen LogP contribution in [0.4, 0.5) is 11.6 Å². The van der Waals surface area contributed by atoms with E-state index in [-0.39, 0.29) is 6.42 Å². The van der Waals surface area contributed by atoms with Gasteiger partial charge in [0, 0.05) is 30.0 Å². The molecule has 1 amide bonds. The van der Waals surface area contributed by atoms with Gasteiger partial charge in [-0.05, 0) is 24.6 Å². The standard InChI is InChI=1S/C17H19ClN4O4/c1-11-8-13(14(25-2)9-12(11)18)22-15(23)10-26-16(24)4-7-21-17-19-5-3-6-20-17/h3,5-6,8-9H,4,7,10H2,1-2H3,(H,22,23)(H,19,20,21). The number of benzene rings is 1. The number of esters is 1. The smallest absolute Gasteiger partial charge is 0.308 e. The van der Waals surface area contributed by atoms with E-state index < -0.39 is 18.5 Å². The number of amides is 1. The summed E-state index contributed by atoms with van der Waals surface area (Å²) in [4.78, 5) is 31.6. The van der Waals surface area contributed by atoms with Crippen LogP contribution in [0.2, 0.25) is 5.02 Å². The van der Waals surface area contributed by atoms with Crippen molar-refractivity contribution >= 4 is 35.1 Å². The summed E-state index contributed by atoms with van der Waals surface area (Å²) < 4.78 is 10.1. The van der Waals surface area contributed by atoms with Gasteiger partial charge in [-0.3, -0.25) is 9.59 Å². The SMILES string of the molecule is COc1cc(Cl)c(C)cc1NC(=O)COC(=O)CCNc1ncccn1. The number of methoxy groups -OCH3 is 1. The van der Waals surface area contributed by atoms with Gasteiger partial charge in [-0.2, -0.15) is 0 Å². The predicted octanol–water partition coefficient (Wildman–Crippen LogP) is 2.43. The molecule has 0 saturated heterocycles. The average molecular weight is 379 g/mol. The molecule has 1 aromatic heterocycles. The Hall–Kier alpha value is -2.87. The van der Waals surface area contributed by atoms with E-state index >= 15 is 0 Å². The lowest BCUT2D eigenvalue weighted by atomic mass is 10.2. The van der Waals surface area contributed by atoms with Crippen LogP contribution in [0.3, 0.4) is 0 Å². The Bertz CT molecular complexity index is 771. The summed E-state index contributed by atoms with van der Waals surface area (Å²) in [6.45, 7) is 1.71. The Labute approximate surface area is 155 Å². The van der Waals surface area contributed by atoms with Gasteiger partial charge in [0.05, 0.1) is 19.2 Å². The second-order valence-electron chi connectivity index (χ2n) is 5.26. The number of hydrogen-bond donors (Lipinski definition) is 2. The minimum absolute atomic E-state index is 0.0783. The molecule has 0 radical (unpaired) electrons. The zero-order valence-electron chi connectivity index (χ0n) is 14.4. The molecule has 1 aromatic carbocycles. The maximum atomic E-state index is 12.0. The first-order valence-corrected chi connectivity index (χ1v) is 8.18. The van der Waals surface area contributed by atoms with E-state index in [9.17, 15) is 9.59 Å². The summed E-state index contributed by atoms with van der Waals surface area (Å²) in [5, 5.41) is 6.04. The average Bonchev–Trinajstić information content (AvgIpc) is 2.63. The van der Waals surface area contributed by atoms with Crippen molar-refractivity contribution in [1.82, 2.24) is 9.97 Å². The first kappa shape index (κ1) is 19.5. The van der Waals surface area contributed by atoms with Crippen LogP contribution >= 0.6 is 11.6 Å². The molecule has 0 aliphatic carbocycles. The zero-order valence-corrected chi connectivity index (χ0v) is 15.2. The molecule has 9 heteroatoms. The fraction of sp³-hybridized carbons (Fsp3) is 0.294. The van der Waals surface area contributed by atoms with Crippen LogP contribution in [0, 0.1) is 6.92 Å². The number of nitrogens with one attached hydrogen (secondary N) is 2. The summed E-state index contributed by atoms with van der Waals surface area (Å²) in [6, 6.07) is 4.98. The molecule has 1 heterocycles. The van der Waals surface area contributed by atoms with Crippen LogP contribution in [-0.2, 0) is 14.3 Å². The number of aryl methyl sites for hydroxylation is 1. The van der Waals surface area contributed by atoms with E-state index in [2.05, 4.69) is 20.6 Å². The summed E-state index contributed by atoms with van der Waals surface area (Å²) in [5.41, 5.74) is 1.24. The Balaban J connectivity index is 1.76. The third-order valence-corrected chi connectivity index (χ3v) is 3.70. The highest BCUT2D eigenvalue weighted by atomic mass is 35.5. The maximum Gasteiger partial charge on any atom is 0.308 e. The number of carbonyl (C=O) groups excluding carboxylic acids is 2. The monoisotopic (exact) mass is 378 g/mol. The Kier molecular flexibility index (Phi) is 7.16. The minimum Gasteiger partial charge on any atom is -0.495 e. The molecule has 2 rings (SSSR count). The Morgan fingerprint density at radius 2 is 1.96 bits per heavy atom. The van der Waals surface area contributed by atoms with E-state index in [1.165, 1.54) is 7.11 Å². The van der Waals surface area contributed by atoms with Gasteiger partial charge in [0.15, 0.2) is 6.61 Å². The first-order valence-electron chi connectivity index (χ1n) is 7.80. The van der Waals surface area contributed by atoms with Gasteiger partial charge < -0.3 is 20.1 Å². The normalized spacial score (nSPS) is 10.1. The van der Waals surface area contributed by atoms with E-state index in [1.807, 2.05) is 0 Å². The Morgan fingerprint density at radius 3 is 2.65 bits per heavy atom. The van der Waals surface area contributed by atoms with Crippen molar-refractivity contribution in [1.29, 1.82) is 0 Å². The van der Waals surface area contributed by atoms with Crippen LogP contribution in [0.25, 0.3) is 0 Å². The van der Waals surface area contributed by atoms with Crippen LogP contribution in [0.15, 0.2) is 30.6 Å². The third-order valence-electron chi connectivity index (χ3n) is 3.30. The highest BCUT2D eigenvalue weighted by Gasteiger charge is 2.12. The maximum absolute atomic E-state index is 12.0. The van der Waals surface area contributed by atoms with E-state index in [0.717, 1.165) is 5.56 Å². The molecule has 0 atom stereocenters. The van der Waals surface area contributed by atoms with Crippen molar-refractivity contribution < 1.29 is 19.1 Å². The van der Waals surface area contributed by atoms with Gasteiger partial charge in [0.1, 0.15) is 5.75 Å². The molecule has 2 aromatic rings. The highest BCUT2D eigenvalue weighted by molar-refractivity contribution is 6.31. The van der Waals surface area contributed by atoms with Crippen molar-refractivity contribution in [2.24, 2.45) is 0 Å². The Morgan fingerprint density at radius 1 is 1.23 bits per heavy atom. The van der Waals surface area contributed by atoms with Crippen molar-refractivity contribution in [2.75, 3.05) is 30.9 Å². The first-order chi connectivity index (χ1) is 12.5. The molecular weight excluding hydrogens is 360 g/mol. The number of ether oxygens (including phenoxy) is 2. The van der Waals surface area contributed by atoms with Gasteiger partial charge >= 0.3 is 5.97 Å². The molecule has 0 aliphatic rings. The lowest BCUT2D eigenvalue weighted by Gasteiger charge is -2.12. The van der Waals surface area contributed by atoms with Crippen LogP contribution in [0.5, 0.6) is 5.75 Å². The number of rotatable bonds is 8. The van der Waals surface area contributed by atoms with Crippen molar-refractivity contribution in [3.05, 3.63) is 41.2 Å².